The number of anilines is 1. The molecule has 0 aliphatic carbocycles. The van der Waals surface area contributed by atoms with Crippen molar-refractivity contribution in [1.29, 1.82) is 0 Å². The van der Waals surface area contributed by atoms with Gasteiger partial charge < -0.3 is 10.2 Å². The van der Waals surface area contributed by atoms with Crippen LogP contribution >= 0.6 is 11.3 Å². The molecule has 0 fully saturated rings. The minimum Gasteiger partial charge on any atom is -0.330 e. The first-order valence-electron chi connectivity index (χ1n) is 7.93. The largest absolute Gasteiger partial charge is 0.330 e. The van der Waals surface area contributed by atoms with Crippen molar-refractivity contribution >= 4 is 38.8 Å². The summed E-state index contributed by atoms with van der Waals surface area (Å²) in [6.07, 6.45) is 4.76. The van der Waals surface area contributed by atoms with Crippen molar-refractivity contribution in [2.75, 3.05) is 17.6 Å². The van der Waals surface area contributed by atoms with Crippen molar-refractivity contribution in [3.63, 3.8) is 0 Å². The van der Waals surface area contributed by atoms with E-state index in [1.165, 1.54) is 0 Å². The number of hydrogen-bond donors (Lipinski definition) is 1. The number of carbonyl (C=O) groups excluding carboxylic acids is 1. The highest BCUT2D eigenvalue weighted by Gasteiger charge is 2.25. The summed E-state index contributed by atoms with van der Waals surface area (Å²) in [6, 6.07) is 9.68. The number of nitrogens with one attached hydrogen (secondary N) is 1. The number of nitrogens with zero attached hydrogens (tertiary/aromatic N) is 2. The minimum atomic E-state index is -3.40. The number of benzene rings is 1. The van der Waals surface area contributed by atoms with Crippen LogP contribution < -0.4 is 5.32 Å². The molecule has 26 heavy (non-hydrogen) atoms. The second-order valence-electron chi connectivity index (χ2n) is 5.89. The molecule has 0 atom stereocenters. The molecule has 1 amide bonds. The zero-order chi connectivity index (χ0) is 18.1. The number of amides is 1. The summed E-state index contributed by atoms with van der Waals surface area (Å²) in [5, 5.41) is 6.95. The average molecular weight is 385 g/mol. The van der Waals surface area contributed by atoms with Crippen molar-refractivity contribution in [2.24, 2.45) is 4.40 Å². The smallest absolute Gasteiger partial charge is 0.257 e. The molecular formula is C18H15N3O3S2. The molecule has 0 unspecified atom stereocenters. The molecule has 2 aliphatic heterocycles. The molecular weight excluding hydrogens is 370 g/mol. The number of rotatable bonds is 3. The van der Waals surface area contributed by atoms with Crippen LogP contribution in [0.5, 0.6) is 0 Å². The van der Waals surface area contributed by atoms with Crippen LogP contribution in [0.2, 0.25) is 0 Å². The number of sulfonamides is 1. The third-order valence-electron chi connectivity index (χ3n) is 4.06. The second kappa shape index (κ2) is 6.54. The summed E-state index contributed by atoms with van der Waals surface area (Å²) < 4.78 is 26.8. The molecule has 0 bridgehead atoms. The zero-order valence-corrected chi connectivity index (χ0v) is 15.3. The summed E-state index contributed by atoms with van der Waals surface area (Å²) in [4.78, 5) is 14.2. The maximum atomic E-state index is 12.6. The van der Waals surface area contributed by atoms with Gasteiger partial charge in [0.05, 0.1) is 11.3 Å². The Balaban J connectivity index is 1.52. The Morgan fingerprint density at radius 3 is 2.88 bits per heavy atom. The van der Waals surface area contributed by atoms with Crippen molar-refractivity contribution in [1.82, 2.24) is 4.90 Å². The Morgan fingerprint density at radius 1 is 1.19 bits per heavy atom. The lowest BCUT2D eigenvalue weighted by Crippen LogP contribution is -2.37. The summed E-state index contributed by atoms with van der Waals surface area (Å²) in [6.45, 7) is 0.288. The number of thiophene rings is 1. The Hall–Kier alpha value is -2.71. The molecule has 1 N–H and O–H groups in total. The molecule has 0 radical (unpaired) electrons. The van der Waals surface area contributed by atoms with E-state index in [1.807, 2.05) is 35.7 Å². The molecule has 2 aromatic rings. The summed E-state index contributed by atoms with van der Waals surface area (Å²) in [7, 11) is -3.40. The number of fused-ring (bicyclic) bond motifs is 1. The SMILES string of the molecule is O=C(Nc1cccc(-c2ccsc2)c1)C1=CN2CCS(=O)(=O)N=C2C=C1. The van der Waals surface area contributed by atoms with E-state index >= 15 is 0 Å². The third kappa shape index (κ3) is 3.47. The maximum absolute atomic E-state index is 12.6. The fraction of sp³-hybridized carbons (Fsp3) is 0.111. The lowest BCUT2D eigenvalue weighted by molar-refractivity contribution is -0.112. The van der Waals surface area contributed by atoms with E-state index < -0.39 is 10.0 Å². The maximum Gasteiger partial charge on any atom is 0.257 e. The van der Waals surface area contributed by atoms with E-state index in [0.29, 0.717) is 17.1 Å². The van der Waals surface area contributed by atoms with Crippen LogP contribution in [-0.4, -0.2) is 37.4 Å². The van der Waals surface area contributed by atoms with Crippen LogP contribution in [0.4, 0.5) is 5.69 Å². The number of carbonyl (C=O) groups is 1. The topological polar surface area (TPSA) is 78.8 Å². The molecule has 1 aromatic carbocycles. The summed E-state index contributed by atoms with van der Waals surface area (Å²) in [5.74, 6) is 0.0294. The van der Waals surface area contributed by atoms with Gasteiger partial charge >= 0.3 is 0 Å². The second-order valence-corrected chi connectivity index (χ2v) is 8.43. The van der Waals surface area contributed by atoms with Gasteiger partial charge in [-0.3, -0.25) is 4.79 Å². The number of hydrogen-bond acceptors (Lipinski definition) is 5. The van der Waals surface area contributed by atoms with Gasteiger partial charge in [0.25, 0.3) is 15.9 Å². The van der Waals surface area contributed by atoms with E-state index in [-0.39, 0.29) is 18.2 Å². The van der Waals surface area contributed by atoms with Crippen LogP contribution in [0.3, 0.4) is 0 Å². The molecule has 6 nitrogen and oxygen atoms in total. The average Bonchev–Trinajstić information content (AvgIpc) is 3.15. The van der Waals surface area contributed by atoms with Crippen LogP contribution in [0.1, 0.15) is 0 Å². The third-order valence-corrected chi connectivity index (χ3v) is 5.91. The quantitative estimate of drug-likeness (QED) is 0.881. The van der Waals surface area contributed by atoms with Crippen LogP contribution in [0.25, 0.3) is 11.1 Å². The molecule has 3 heterocycles. The first-order chi connectivity index (χ1) is 12.5. The highest BCUT2D eigenvalue weighted by atomic mass is 32.2. The first kappa shape index (κ1) is 16.7. The molecule has 2 aliphatic rings. The first-order valence-corrected chi connectivity index (χ1v) is 10.5. The van der Waals surface area contributed by atoms with Crippen molar-refractivity contribution in [2.45, 2.75) is 0 Å². The molecule has 8 heteroatoms. The normalized spacial score (nSPS) is 17.9. The van der Waals surface area contributed by atoms with E-state index in [0.717, 1.165) is 11.1 Å². The van der Waals surface area contributed by atoms with E-state index in [4.69, 9.17) is 0 Å². The van der Waals surface area contributed by atoms with Gasteiger partial charge in [-0.25, -0.2) is 8.42 Å². The van der Waals surface area contributed by atoms with Gasteiger partial charge in [0, 0.05) is 18.4 Å². The van der Waals surface area contributed by atoms with Gasteiger partial charge in [-0.1, -0.05) is 12.1 Å². The van der Waals surface area contributed by atoms with Crippen LogP contribution in [-0.2, 0) is 14.8 Å². The highest BCUT2D eigenvalue weighted by molar-refractivity contribution is 7.90. The summed E-state index contributed by atoms with van der Waals surface area (Å²) in [5.41, 5.74) is 3.30. The molecule has 0 spiro atoms. The van der Waals surface area contributed by atoms with E-state index in [9.17, 15) is 13.2 Å². The predicted molar refractivity (Wildman–Crippen MR) is 104 cm³/mol. The van der Waals surface area contributed by atoms with Crippen molar-refractivity contribution in [3.8, 4) is 11.1 Å². The predicted octanol–water partition coefficient (Wildman–Crippen LogP) is 2.85. The van der Waals surface area contributed by atoms with Gasteiger partial charge in [0.1, 0.15) is 5.84 Å². The molecule has 0 saturated heterocycles. The zero-order valence-electron chi connectivity index (χ0n) is 13.6. The summed E-state index contributed by atoms with van der Waals surface area (Å²) >= 11 is 1.62. The standard InChI is InChI=1S/C18H15N3O3S2/c22-18(14-4-5-17-20-26(23,24)9-7-21(17)11-14)19-16-3-1-2-13(10-16)15-6-8-25-12-15/h1-6,8,10-12H,7,9H2,(H,19,22). The van der Waals surface area contributed by atoms with Gasteiger partial charge in [0.2, 0.25) is 0 Å². The molecule has 4 rings (SSSR count). The van der Waals surface area contributed by atoms with Crippen LogP contribution in [0.15, 0.2) is 69.4 Å². The van der Waals surface area contributed by atoms with Gasteiger partial charge in [0.15, 0.2) is 0 Å². The van der Waals surface area contributed by atoms with Crippen molar-refractivity contribution < 1.29 is 13.2 Å². The Labute approximate surface area is 155 Å². The molecule has 0 saturated carbocycles. The van der Waals surface area contributed by atoms with E-state index in [1.54, 1.807) is 34.6 Å². The lowest BCUT2D eigenvalue weighted by Gasteiger charge is -2.26. The Morgan fingerprint density at radius 2 is 2.08 bits per heavy atom. The lowest BCUT2D eigenvalue weighted by atomic mass is 10.1. The van der Waals surface area contributed by atoms with Gasteiger partial charge in [-0.15, -0.1) is 4.40 Å². The van der Waals surface area contributed by atoms with E-state index in [2.05, 4.69) is 15.1 Å². The van der Waals surface area contributed by atoms with Crippen LogP contribution in [0, 0.1) is 0 Å². The monoisotopic (exact) mass is 385 g/mol. The Kier molecular flexibility index (Phi) is 4.21. The fourth-order valence-corrected chi connectivity index (χ4v) is 4.38. The molecule has 1 aromatic heterocycles. The number of amidine groups is 1. The highest BCUT2D eigenvalue weighted by Crippen LogP contribution is 2.25. The Bertz CT molecular complexity index is 1050. The van der Waals surface area contributed by atoms with Crippen molar-refractivity contribution in [3.05, 3.63) is 65.0 Å². The fourth-order valence-electron chi connectivity index (χ4n) is 2.74. The van der Waals surface area contributed by atoms with Gasteiger partial charge in [-0.05, 0) is 52.2 Å². The minimum absolute atomic E-state index is 0.0571. The van der Waals surface area contributed by atoms with Gasteiger partial charge in [-0.2, -0.15) is 11.3 Å². The molecule has 132 valence electrons.